The lowest BCUT2D eigenvalue weighted by Gasteiger charge is -2.36. The largest absolute Gasteiger partial charge is 0.371 e. The molecule has 3 nitrogen and oxygen atoms in total. The summed E-state index contributed by atoms with van der Waals surface area (Å²) in [6, 6.07) is 7.55. The molecular formula is C17H28ClN3. The predicted molar refractivity (Wildman–Crippen MR) is 92.3 cm³/mol. The van der Waals surface area contributed by atoms with Gasteiger partial charge >= 0.3 is 0 Å². The van der Waals surface area contributed by atoms with Crippen LogP contribution in [0.25, 0.3) is 0 Å². The Bertz CT molecular complexity index is 453. The minimum absolute atomic E-state index is 0.475. The molecule has 1 heterocycles. The average molecular weight is 310 g/mol. The zero-order valence-corrected chi connectivity index (χ0v) is 14.5. The topological polar surface area (TPSA) is 18.5 Å². The standard InChI is InChI=1S/C17H28ClN3/c1-13(2)19-12-14-5-6-16(11-17(14)18)21(4)15-7-9-20(3)10-8-15/h5-6,11,13,15,19H,7-10,12H2,1-4H3. The molecule has 0 unspecified atom stereocenters. The quantitative estimate of drug-likeness (QED) is 0.899. The number of hydrogen-bond acceptors (Lipinski definition) is 3. The highest BCUT2D eigenvalue weighted by molar-refractivity contribution is 6.31. The Labute approximate surface area is 134 Å². The second kappa shape index (κ2) is 7.48. The fourth-order valence-corrected chi connectivity index (χ4v) is 3.05. The van der Waals surface area contributed by atoms with Crippen LogP contribution in [0.3, 0.4) is 0 Å². The maximum absolute atomic E-state index is 6.44. The van der Waals surface area contributed by atoms with Gasteiger partial charge in [-0.25, -0.2) is 0 Å². The number of benzene rings is 1. The highest BCUT2D eigenvalue weighted by Gasteiger charge is 2.21. The van der Waals surface area contributed by atoms with E-state index in [0.29, 0.717) is 12.1 Å². The molecule has 0 bridgehead atoms. The van der Waals surface area contributed by atoms with E-state index < -0.39 is 0 Å². The molecule has 4 heteroatoms. The Kier molecular flexibility index (Phi) is 5.91. The van der Waals surface area contributed by atoms with Crippen LogP contribution in [0.1, 0.15) is 32.3 Å². The Balaban J connectivity index is 2.01. The summed E-state index contributed by atoms with van der Waals surface area (Å²) < 4.78 is 0. The lowest BCUT2D eigenvalue weighted by Crippen LogP contribution is -2.42. The van der Waals surface area contributed by atoms with E-state index in [1.54, 1.807) is 0 Å². The van der Waals surface area contributed by atoms with Crippen LogP contribution in [0.2, 0.25) is 5.02 Å². The number of likely N-dealkylation sites (tertiary alicyclic amines) is 1. The number of rotatable bonds is 5. The van der Waals surface area contributed by atoms with Crippen LogP contribution < -0.4 is 10.2 Å². The summed E-state index contributed by atoms with van der Waals surface area (Å²) in [4.78, 5) is 4.79. The summed E-state index contributed by atoms with van der Waals surface area (Å²) in [7, 11) is 4.39. The van der Waals surface area contributed by atoms with Crippen LogP contribution in [0.4, 0.5) is 5.69 Å². The molecule has 1 aliphatic rings. The minimum atomic E-state index is 0.475. The number of halogens is 1. The number of hydrogen-bond donors (Lipinski definition) is 1. The number of nitrogens with zero attached hydrogens (tertiary/aromatic N) is 2. The minimum Gasteiger partial charge on any atom is -0.371 e. The Morgan fingerprint density at radius 3 is 2.57 bits per heavy atom. The fourth-order valence-electron chi connectivity index (χ4n) is 2.81. The molecule has 0 atom stereocenters. The van der Waals surface area contributed by atoms with Gasteiger partial charge in [0.1, 0.15) is 0 Å². The van der Waals surface area contributed by atoms with Crippen LogP contribution in [-0.2, 0) is 6.54 Å². The Morgan fingerprint density at radius 1 is 1.33 bits per heavy atom. The lowest BCUT2D eigenvalue weighted by atomic mass is 10.0. The van der Waals surface area contributed by atoms with Gasteiger partial charge in [-0.15, -0.1) is 0 Å². The molecule has 2 rings (SSSR count). The Morgan fingerprint density at radius 2 is 2.00 bits per heavy atom. The zero-order valence-electron chi connectivity index (χ0n) is 13.7. The van der Waals surface area contributed by atoms with Crippen LogP contribution in [0.5, 0.6) is 0 Å². The summed E-state index contributed by atoms with van der Waals surface area (Å²) in [5.74, 6) is 0. The summed E-state index contributed by atoms with van der Waals surface area (Å²) >= 11 is 6.44. The van der Waals surface area contributed by atoms with Crippen molar-refractivity contribution in [1.82, 2.24) is 10.2 Å². The molecule has 0 radical (unpaired) electrons. The van der Waals surface area contributed by atoms with Gasteiger partial charge < -0.3 is 15.1 Å². The molecule has 0 aliphatic carbocycles. The van der Waals surface area contributed by atoms with E-state index in [2.05, 4.69) is 61.3 Å². The highest BCUT2D eigenvalue weighted by atomic mass is 35.5. The summed E-state index contributed by atoms with van der Waals surface area (Å²) in [6.45, 7) is 7.49. The molecule has 118 valence electrons. The first kappa shape index (κ1) is 16.6. The Hall–Kier alpha value is -0.770. The van der Waals surface area contributed by atoms with E-state index in [1.807, 2.05) is 0 Å². The van der Waals surface area contributed by atoms with Crippen molar-refractivity contribution in [2.45, 2.75) is 45.3 Å². The third kappa shape index (κ3) is 4.60. The highest BCUT2D eigenvalue weighted by Crippen LogP contribution is 2.27. The second-order valence-electron chi connectivity index (χ2n) is 6.46. The van der Waals surface area contributed by atoms with Crippen molar-refractivity contribution in [3.05, 3.63) is 28.8 Å². The molecule has 1 N–H and O–H groups in total. The van der Waals surface area contributed by atoms with Gasteiger partial charge in [0.05, 0.1) is 0 Å². The zero-order chi connectivity index (χ0) is 15.4. The van der Waals surface area contributed by atoms with E-state index in [1.165, 1.54) is 37.2 Å². The van der Waals surface area contributed by atoms with Crippen LogP contribution in [-0.4, -0.2) is 44.2 Å². The van der Waals surface area contributed by atoms with Crippen LogP contribution >= 0.6 is 11.6 Å². The smallest absolute Gasteiger partial charge is 0.0471 e. The van der Waals surface area contributed by atoms with E-state index in [-0.39, 0.29) is 0 Å². The van der Waals surface area contributed by atoms with Crippen molar-refractivity contribution in [2.75, 3.05) is 32.1 Å². The van der Waals surface area contributed by atoms with E-state index in [9.17, 15) is 0 Å². The monoisotopic (exact) mass is 309 g/mol. The molecule has 1 aromatic rings. The van der Waals surface area contributed by atoms with Gasteiger partial charge in [-0.2, -0.15) is 0 Å². The first-order valence-corrected chi connectivity index (χ1v) is 8.28. The number of nitrogens with one attached hydrogen (secondary N) is 1. The summed E-state index contributed by atoms with van der Waals surface area (Å²) in [6.07, 6.45) is 2.45. The van der Waals surface area contributed by atoms with Crippen LogP contribution in [0.15, 0.2) is 18.2 Å². The van der Waals surface area contributed by atoms with Gasteiger partial charge in [-0.1, -0.05) is 31.5 Å². The van der Waals surface area contributed by atoms with Crippen molar-refractivity contribution >= 4 is 17.3 Å². The van der Waals surface area contributed by atoms with Gasteiger partial charge in [0, 0.05) is 36.4 Å². The normalized spacial score (nSPS) is 17.4. The molecule has 21 heavy (non-hydrogen) atoms. The third-order valence-corrected chi connectivity index (χ3v) is 4.73. The molecule has 0 aromatic heterocycles. The molecule has 1 fully saturated rings. The van der Waals surface area contributed by atoms with Crippen LogP contribution in [0, 0.1) is 0 Å². The van der Waals surface area contributed by atoms with Crippen molar-refractivity contribution in [3.8, 4) is 0 Å². The van der Waals surface area contributed by atoms with Gasteiger partial charge in [0.25, 0.3) is 0 Å². The lowest BCUT2D eigenvalue weighted by molar-refractivity contribution is 0.253. The van der Waals surface area contributed by atoms with Crippen molar-refractivity contribution in [1.29, 1.82) is 0 Å². The van der Waals surface area contributed by atoms with Gasteiger partial charge in [0.2, 0.25) is 0 Å². The van der Waals surface area contributed by atoms with Crippen molar-refractivity contribution in [2.24, 2.45) is 0 Å². The van der Waals surface area contributed by atoms with E-state index in [0.717, 1.165) is 11.6 Å². The van der Waals surface area contributed by atoms with Crippen molar-refractivity contribution in [3.63, 3.8) is 0 Å². The SMILES string of the molecule is CC(C)NCc1ccc(N(C)C2CCN(C)CC2)cc1Cl. The molecule has 1 saturated heterocycles. The maximum Gasteiger partial charge on any atom is 0.0471 e. The summed E-state index contributed by atoms with van der Waals surface area (Å²) in [5.41, 5.74) is 2.40. The maximum atomic E-state index is 6.44. The molecule has 0 spiro atoms. The van der Waals surface area contributed by atoms with E-state index in [4.69, 9.17) is 11.6 Å². The van der Waals surface area contributed by atoms with Gasteiger partial charge in [-0.3, -0.25) is 0 Å². The molecule has 0 saturated carbocycles. The predicted octanol–water partition coefficient (Wildman–Crippen LogP) is 3.37. The second-order valence-corrected chi connectivity index (χ2v) is 6.86. The molecule has 1 aliphatic heterocycles. The summed E-state index contributed by atoms with van der Waals surface area (Å²) in [5, 5.41) is 4.28. The van der Waals surface area contributed by atoms with Crippen molar-refractivity contribution < 1.29 is 0 Å². The molecular weight excluding hydrogens is 282 g/mol. The molecule has 1 aromatic carbocycles. The number of piperidine rings is 1. The number of anilines is 1. The van der Waals surface area contributed by atoms with Gasteiger partial charge in [-0.05, 0) is 50.7 Å². The first-order chi connectivity index (χ1) is 9.97. The fraction of sp³-hybridized carbons (Fsp3) is 0.647. The average Bonchev–Trinajstić information content (AvgIpc) is 2.46. The van der Waals surface area contributed by atoms with E-state index >= 15 is 0 Å². The third-order valence-electron chi connectivity index (χ3n) is 4.38. The first-order valence-electron chi connectivity index (χ1n) is 7.90. The van der Waals surface area contributed by atoms with Gasteiger partial charge in [0.15, 0.2) is 0 Å². The molecule has 0 amide bonds.